The van der Waals surface area contributed by atoms with E-state index in [1.54, 1.807) is 0 Å². The van der Waals surface area contributed by atoms with E-state index in [9.17, 15) is 25.2 Å². The van der Waals surface area contributed by atoms with Crippen molar-refractivity contribution in [2.24, 2.45) is 0 Å². The topological polar surface area (TPSA) is 107 Å². The van der Waals surface area contributed by atoms with E-state index in [-0.39, 0.29) is 34.1 Å². The van der Waals surface area contributed by atoms with Gasteiger partial charge >= 0.3 is 0 Å². The third-order valence-electron chi connectivity index (χ3n) is 2.98. The number of hydrogen-bond acceptors (Lipinski definition) is 6. The van der Waals surface area contributed by atoms with E-state index in [2.05, 4.69) is 0 Å². The van der Waals surface area contributed by atoms with Crippen molar-refractivity contribution in [3.8, 4) is 23.0 Å². The molecule has 0 aromatic heterocycles. The van der Waals surface area contributed by atoms with Crippen LogP contribution in [0.1, 0.15) is 15.9 Å². The molecule has 114 valence electrons. The zero-order chi connectivity index (χ0) is 16.3. The summed E-state index contributed by atoms with van der Waals surface area (Å²) in [6, 6.07) is 7.55. The highest BCUT2D eigenvalue weighted by Gasteiger charge is 2.15. The number of aromatic hydroxyl groups is 4. The van der Waals surface area contributed by atoms with Crippen molar-refractivity contribution in [2.75, 3.05) is 7.11 Å². The summed E-state index contributed by atoms with van der Waals surface area (Å²) in [5.41, 5.74) is 0.396. The molecule has 0 aliphatic heterocycles. The first-order valence-electron chi connectivity index (χ1n) is 6.26. The maximum atomic E-state index is 12.3. The van der Waals surface area contributed by atoms with Gasteiger partial charge in [0.25, 0.3) is 0 Å². The molecule has 0 bridgehead atoms. The molecule has 2 rings (SSSR count). The molecule has 22 heavy (non-hydrogen) atoms. The second-order valence-electron chi connectivity index (χ2n) is 4.49. The summed E-state index contributed by atoms with van der Waals surface area (Å²) < 4.78 is 5.02. The van der Waals surface area contributed by atoms with E-state index in [4.69, 9.17) is 4.74 Å². The number of hydrogen-bond donors (Lipinski definition) is 4. The van der Waals surface area contributed by atoms with Gasteiger partial charge in [0.2, 0.25) is 5.78 Å². The van der Waals surface area contributed by atoms with E-state index in [1.807, 2.05) is 0 Å². The Morgan fingerprint density at radius 2 is 1.68 bits per heavy atom. The minimum atomic E-state index is -0.537. The molecule has 6 nitrogen and oxygen atoms in total. The van der Waals surface area contributed by atoms with Crippen LogP contribution in [0.15, 0.2) is 42.2 Å². The lowest BCUT2D eigenvalue weighted by Gasteiger charge is -2.07. The Bertz CT molecular complexity index is 748. The highest BCUT2D eigenvalue weighted by Crippen LogP contribution is 2.28. The number of phenolic OH excluding ortho intramolecular Hbond substituents is 4. The molecule has 0 aliphatic rings. The van der Waals surface area contributed by atoms with Gasteiger partial charge in [-0.3, -0.25) is 4.79 Å². The fourth-order valence-corrected chi connectivity index (χ4v) is 1.82. The van der Waals surface area contributed by atoms with Gasteiger partial charge in [-0.1, -0.05) is 0 Å². The minimum Gasteiger partial charge on any atom is -0.508 e. The van der Waals surface area contributed by atoms with Crippen molar-refractivity contribution in [2.45, 2.75) is 0 Å². The molecule has 2 aromatic carbocycles. The predicted octanol–water partition coefficient (Wildman–Crippen LogP) is 2.38. The highest BCUT2D eigenvalue weighted by atomic mass is 16.5. The molecule has 0 radical (unpaired) electrons. The van der Waals surface area contributed by atoms with Gasteiger partial charge in [-0.15, -0.1) is 0 Å². The standard InChI is InChI=1S/C16H14O6/c1-22-15(7-9-2-4-11(17)8-13(9)19)16(21)10-3-5-12(18)14(20)6-10/h2-8,17-20H,1H3/b15-7+. The molecule has 0 amide bonds. The van der Waals surface area contributed by atoms with Crippen LogP contribution in [0.25, 0.3) is 6.08 Å². The molecule has 0 spiro atoms. The number of ether oxygens (including phenoxy) is 1. The van der Waals surface area contributed by atoms with Crippen LogP contribution in [0.4, 0.5) is 0 Å². The second kappa shape index (κ2) is 6.09. The van der Waals surface area contributed by atoms with Gasteiger partial charge in [0.15, 0.2) is 17.3 Å². The van der Waals surface area contributed by atoms with Crippen molar-refractivity contribution >= 4 is 11.9 Å². The maximum Gasteiger partial charge on any atom is 0.227 e. The van der Waals surface area contributed by atoms with Crippen molar-refractivity contribution in [3.63, 3.8) is 0 Å². The number of phenols is 4. The summed E-state index contributed by atoms with van der Waals surface area (Å²) in [6.07, 6.45) is 1.31. The van der Waals surface area contributed by atoms with Gasteiger partial charge in [-0.25, -0.2) is 0 Å². The average Bonchev–Trinajstić information content (AvgIpc) is 2.49. The quantitative estimate of drug-likeness (QED) is 0.299. The van der Waals surface area contributed by atoms with Gasteiger partial charge in [0.1, 0.15) is 11.5 Å². The van der Waals surface area contributed by atoms with Crippen LogP contribution >= 0.6 is 0 Å². The Kier molecular flexibility index (Phi) is 4.22. The fourth-order valence-electron chi connectivity index (χ4n) is 1.82. The highest BCUT2D eigenvalue weighted by molar-refractivity contribution is 6.10. The molecular weight excluding hydrogens is 288 g/mol. The molecule has 4 N–H and O–H groups in total. The van der Waals surface area contributed by atoms with Crippen LogP contribution in [-0.4, -0.2) is 33.3 Å². The number of rotatable bonds is 4. The molecule has 0 aliphatic carbocycles. The molecule has 0 heterocycles. The Hall–Kier alpha value is -3.15. The largest absolute Gasteiger partial charge is 0.508 e. The van der Waals surface area contributed by atoms with Crippen LogP contribution in [0, 0.1) is 0 Å². The van der Waals surface area contributed by atoms with Gasteiger partial charge in [0, 0.05) is 17.2 Å². The summed E-state index contributed by atoms with van der Waals surface area (Å²) >= 11 is 0. The van der Waals surface area contributed by atoms with Gasteiger partial charge in [0.05, 0.1) is 7.11 Å². The van der Waals surface area contributed by atoms with Crippen molar-refractivity contribution in [3.05, 3.63) is 53.3 Å². The maximum absolute atomic E-state index is 12.3. The number of allylic oxidation sites excluding steroid dienone is 1. The molecule has 0 saturated carbocycles. The van der Waals surface area contributed by atoms with E-state index < -0.39 is 11.5 Å². The number of ketones is 1. The number of carbonyl (C=O) groups excluding carboxylic acids is 1. The number of Topliss-reactive ketones (excluding diaryl/α,β-unsaturated/α-hetero) is 1. The molecule has 0 atom stereocenters. The average molecular weight is 302 g/mol. The van der Waals surface area contributed by atoms with Gasteiger partial charge in [-0.05, 0) is 36.4 Å². The molecule has 0 unspecified atom stereocenters. The van der Waals surface area contributed by atoms with Crippen LogP contribution in [0.3, 0.4) is 0 Å². The fraction of sp³-hybridized carbons (Fsp3) is 0.0625. The number of methoxy groups -OCH3 is 1. The summed E-state index contributed by atoms with van der Waals surface area (Å²) in [4.78, 5) is 12.3. The van der Waals surface area contributed by atoms with Crippen LogP contribution < -0.4 is 0 Å². The summed E-state index contributed by atoms with van der Waals surface area (Å²) in [5.74, 6) is -1.69. The SMILES string of the molecule is CO/C(=C/c1ccc(O)cc1O)C(=O)c1ccc(O)c(O)c1. The Labute approximate surface area is 126 Å². The van der Waals surface area contributed by atoms with Gasteiger partial charge in [-0.2, -0.15) is 0 Å². The normalized spacial score (nSPS) is 11.2. The Balaban J connectivity index is 2.39. The number of carbonyl (C=O) groups is 1. The summed E-state index contributed by atoms with van der Waals surface area (Å²) in [6.45, 7) is 0. The minimum absolute atomic E-state index is 0.0777. The van der Waals surface area contributed by atoms with Crippen LogP contribution in [0.2, 0.25) is 0 Å². The molecular formula is C16H14O6. The first-order chi connectivity index (χ1) is 10.4. The Morgan fingerprint density at radius 3 is 2.27 bits per heavy atom. The third-order valence-corrected chi connectivity index (χ3v) is 2.98. The second-order valence-corrected chi connectivity index (χ2v) is 4.49. The lowest BCUT2D eigenvalue weighted by molar-refractivity contribution is 0.0957. The molecule has 0 saturated heterocycles. The lowest BCUT2D eigenvalue weighted by atomic mass is 10.1. The smallest absolute Gasteiger partial charge is 0.227 e. The molecule has 2 aromatic rings. The zero-order valence-corrected chi connectivity index (χ0v) is 11.6. The zero-order valence-electron chi connectivity index (χ0n) is 11.6. The predicted molar refractivity (Wildman–Crippen MR) is 78.9 cm³/mol. The lowest BCUT2D eigenvalue weighted by Crippen LogP contribution is -2.05. The van der Waals surface area contributed by atoms with Crippen molar-refractivity contribution in [1.82, 2.24) is 0 Å². The monoisotopic (exact) mass is 302 g/mol. The first kappa shape index (κ1) is 15.2. The number of benzene rings is 2. The van der Waals surface area contributed by atoms with Gasteiger partial charge < -0.3 is 25.2 Å². The van der Waals surface area contributed by atoms with E-state index in [0.717, 1.165) is 12.1 Å². The van der Waals surface area contributed by atoms with E-state index >= 15 is 0 Å². The Morgan fingerprint density at radius 1 is 0.955 bits per heavy atom. The third kappa shape index (κ3) is 3.12. The van der Waals surface area contributed by atoms with Crippen molar-refractivity contribution in [1.29, 1.82) is 0 Å². The van der Waals surface area contributed by atoms with Crippen LogP contribution in [-0.2, 0) is 4.74 Å². The van der Waals surface area contributed by atoms with Crippen LogP contribution in [0.5, 0.6) is 23.0 Å². The van der Waals surface area contributed by atoms with E-state index in [0.29, 0.717) is 0 Å². The first-order valence-corrected chi connectivity index (χ1v) is 6.26. The van der Waals surface area contributed by atoms with Crippen molar-refractivity contribution < 1.29 is 30.0 Å². The summed E-state index contributed by atoms with van der Waals surface area (Å²) in [7, 11) is 1.29. The molecule has 6 heteroatoms. The molecule has 0 fully saturated rings. The van der Waals surface area contributed by atoms with E-state index in [1.165, 1.54) is 37.5 Å². The summed E-state index contributed by atoms with van der Waals surface area (Å²) in [5, 5.41) is 37.7.